The molecule has 0 saturated carbocycles. The van der Waals surface area contributed by atoms with Gasteiger partial charge >= 0.3 is 0 Å². The normalized spacial score (nSPS) is 12.5. The number of anilines is 2. The summed E-state index contributed by atoms with van der Waals surface area (Å²) in [6.07, 6.45) is 1.42. The van der Waals surface area contributed by atoms with Crippen LogP contribution in [-0.2, 0) is 14.8 Å². The van der Waals surface area contributed by atoms with Gasteiger partial charge in [0.1, 0.15) is 6.04 Å². The first-order valence-corrected chi connectivity index (χ1v) is 10.1. The van der Waals surface area contributed by atoms with Crippen LogP contribution in [-0.4, -0.2) is 26.6 Å². The second kappa shape index (κ2) is 7.89. The van der Waals surface area contributed by atoms with Crippen molar-refractivity contribution in [2.75, 3.05) is 15.9 Å². The van der Waals surface area contributed by atoms with E-state index in [9.17, 15) is 13.2 Å². The molecule has 1 atom stereocenters. The molecule has 0 aliphatic heterocycles. The molecule has 0 saturated heterocycles. The minimum atomic E-state index is -3.64. The van der Waals surface area contributed by atoms with E-state index in [1.54, 1.807) is 55.5 Å². The van der Waals surface area contributed by atoms with Crippen LogP contribution in [0.5, 0.6) is 0 Å². The lowest BCUT2D eigenvalue weighted by Gasteiger charge is -2.30. The molecule has 1 N–H and O–H groups in total. The maximum atomic E-state index is 12.7. The Hall–Kier alpha value is -2.05. The smallest absolute Gasteiger partial charge is 0.248 e. The van der Waals surface area contributed by atoms with Crippen molar-refractivity contribution in [2.45, 2.75) is 26.3 Å². The molecule has 7 heteroatoms. The summed E-state index contributed by atoms with van der Waals surface area (Å²) >= 11 is 6.08. The number of nitrogens with zero attached hydrogens (tertiary/aromatic N) is 1. The molecule has 2 rings (SSSR count). The van der Waals surface area contributed by atoms with Gasteiger partial charge in [0, 0.05) is 10.7 Å². The van der Waals surface area contributed by atoms with Crippen molar-refractivity contribution >= 4 is 38.9 Å². The van der Waals surface area contributed by atoms with E-state index in [0.29, 0.717) is 22.8 Å². The number of hydrogen-bond acceptors (Lipinski definition) is 3. The van der Waals surface area contributed by atoms with Gasteiger partial charge in [-0.1, -0.05) is 42.8 Å². The summed E-state index contributed by atoms with van der Waals surface area (Å²) in [7, 11) is -3.64. The minimum absolute atomic E-state index is 0.327. The Morgan fingerprint density at radius 3 is 2.36 bits per heavy atom. The number of carbonyl (C=O) groups is 1. The van der Waals surface area contributed by atoms with Gasteiger partial charge in [0.15, 0.2) is 0 Å². The van der Waals surface area contributed by atoms with Crippen LogP contribution in [0.25, 0.3) is 0 Å². The fourth-order valence-corrected chi connectivity index (χ4v) is 3.92. The van der Waals surface area contributed by atoms with Crippen molar-refractivity contribution < 1.29 is 13.2 Å². The number of benzene rings is 2. The third kappa shape index (κ3) is 4.74. The molecule has 5 nitrogen and oxygen atoms in total. The molecule has 0 fully saturated rings. The fraction of sp³-hybridized carbons (Fsp3) is 0.278. The van der Waals surface area contributed by atoms with E-state index in [4.69, 9.17) is 11.6 Å². The van der Waals surface area contributed by atoms with Crippen LogP contribution in [0.1, 0.15) is 18.9 Å². The van der Waals surface area contributed by atoms with Crippen LogP contribution in [0.2, 0.25) is 5.02 Å². The van der Waals surface area contributed by atoms with Crippen molar-refractivity contribution in [2.24, 2.45) is 0 Å². The average Bonchev–Trinajstić information content (AvgIpc) is 2.55. The van der Waals surface area contributed by atoms with E-state index < -0.39 is 22.0 Å². The van der Waals surface area contributed by atoms with E-state index in [0.717, 1.165) is 16.1 Å². The van der Waals surface area contributed by atoms with Crippen LogP contribution in [0.15, 0.2) is 48.5 Å². The Kier molecular flexibility index (Phi) is 6.08. The lowest BCUT2D eigenvalue weighted by molar-refractivity contribution is -0.117. The van der Waals surface area contributed by atoms with E-state index in [1.165, 1.54) is 0 Å². The lowest BCUT2D eigenvalue weighted by Crippen LogP contribution is -2.46. The van der Waals surface area contributed by atoms with Crippen LogP contribution in [0.4, 0.5) is 11.4 Å². The standard InChI is InChI=1S/C18H21ClN2O3S/c1-4-17(18(22)20-14-11-10-13(2)16(19)12-14)21(25(3,23)24)15-8-6-5-7-9-15/h5-12,17H,4H2,1-3H3,(H,20,22). The number of aryl methyl sites for hydroxylation is 1. The van der Waals surface area contributed by atoms with Gasteiger partial charge in [-0.25, -0.2) is 8.42 Å². The third-order valence-electron chi connectivity index (χ3n) is 3.78. The molecule has 0 bridgehead atoms. The monoisotopic (exact) mass is 380 g/mol. The zero-order valence-corrected chi connectivity index (χ0v) is 15.9. The molecule has 1 unspecified atom stereocenters. The predicted molar refractivity (Wildman–Crippen MR) is 103 cm³/mol. The SMILES string of the molecule is CCC(C(=O)Nc1ccc(C)c(Cl)c1)N(c1ccccc1)S(C)(=O)=O. The molecule has 0 heterocycles. The highest BCUT2D eigenvalue weighted by molar-refractivity contribution is 7.92. The zero-order valence-electron chi connectivity index (χ0n) is 14.4. The molecule has 2 aromatic rings. The lowest BCUT2D eigenvalue weighted by atomic mass is 10.1. The van der Waals surface area contributed by atoms with E-state index in [-0.39, 0.29) is 0 Å². The van der Waals surface area contributed by atoms with Gasteiger partial charge < -0.3 is 5.32 Å². The molecule has 25 heavy (non-hydrogen) atoms. The highest BCUT2D eigenvalue weighted by atomic mass is 35.5. The van der Waals surface area contributed by atoms with Crippen molar-refractivity contribution in [3.05, 3.63) is 59.1 Å². The summed E-state index contributed by atoms with van der Waals surface area (Å²) in [6.45, 7) is 3.64. The molecule has 0 aliphatic rings. The third-order valence-corrected chi connectivity index (χ3v) is 5.37. The molecule has 0 aliphatic carbocycles. The minimum Gasteiger partial charge on any atom is -0.324 e. The van der Waals surface area contributed by atoms with Gasteiger partial charge in [-0.3, -0.25) is 9.10 Å². The molecule has 2 aromatic carbocycles. The molecule has 0 spiro atoms. The number of sulfonamides is 1. The number of para-hydroxylation sites is 1. The van der Waals surface area contributed by atoms with E-state index in [2.05, 4.69) is 5.32 Å². The van der Waals surface area contributed by atoms with E-state index in [1.807, 2.05) is 6.92 Å². The van der Waals surface area contributed by atoms with Gasteiger partial charge in [0.25, 0.3) is 0 Å². The van der Waals surface area contributed by atoms with Gasteiger partial charge in [-0.2, -0.15) is 0 Å². The second-order valence-corrected chi connectivity index (χ2v) is 8.04. The van der Waals surface area contributed by atoms with Gasteiger partial charge in [-0.15, -0.1) is 0 Å². The summed E-state index contributed by atoms with van der Waals surface area (Å²) in [6, 6.07) is 12.9. The van der Waals surface area contributed by atoms with Crippen LogP contribution >= 0.6 is 11.6 Å². The van der Waals surface area contributed by atoms with Crippen molar-refractivity contribution in [1.82, 2.24) is 0 Å². The molecule has 0 radical (unpaired) electrons. The summed E-state index contributed by atoms with van der Waals surface area (Å²) in [5.74, 6) is -0.406. The highest BCUT2D eigenvalue weighted by Crippen LogP contribution is 2.24. The first-order chi connectivity index (χ1) is 11.7. The van der Waals surface area contributed by atoms with Gasteiger partial charge in [0.05, 0.1) is 11.9 Å². The average molecular weight is 381 g/mol. The number of rotatable bonds is 6. The predicted octanol–water partition coefficient (Wildman–Crippen LogP) is 3.83. The number of carbonyl (C=O) groups excluding carboxylic acids is 1. The van der Waals surface area contributed by atoms with E-state index >= 15 is 0 Å². The molecular formula is C18H21ClN2O3S. The first-order valence-electron chi connectivity index (χ1n) is 7.85. The Morgan fingerprint density at radius 2 is 1.84 bits per heavy atom. The van der Waals surface area contributed by atoms with Crippen LogP contribution in [0.3, 0.4) is 0 Å². The largest absolute Gasteiger partial charge is 0.324 e. The van der Waals surface area contributed by atoms with Gasteiger partial charge in [0.2, 0.25) is 15.9 Å². The maximum Gasteiger partial charge on any atom is 0.248 e. The highest BCUT2D eigenvalue weighted by Gasteiger charge is 2.31. The van der Waals surface area contributed by atoms with Crippen molar-refractivity contribution in [1.29, 1.82) is 0 Å². The summed E-state index contributed by atoms with van der Waals surface area (Å²) in [5, 5.41) is 3.29. The summed E-state index contributed by atoms with van der Waals surface area (Å²) in [4.78, 5) is 12.7. The molecule has 0 aromatic heterocycles. The van der Waals surface area contributed by atoms with Crippen LogP contribution < -0.4 is 9.62 Å². The van der Waals surface area contributed by atoms with Crippen molar-refractivity contribution in [3.8, 4) is 0 Å². The van der Waals surface area contributed by atoms with Crippen LogP contribution in [0, 0.1) is 6.92 Å². The topological polar surface area (TPSA) is 66.5 Å². The summed E-state index contributed by atoms with van der Waals surface area (Å²) < 4.78 is 25.8. The zero-order chi connectivity index (χ0) is 18.6. The van der Waals surface area contributed by atoms with Crippen molar-refractivity contribution in [3.63, 3.8) is 0 Å². The number of halogens is 1. The molecular weight excluding hydrogens is 360 g/mol. The maximum absolute atomic E-state index is 12.7. The Morgan fingerprint density at radius 1 is 1.20 bits per heavy atom. The quantitative estimate of drug-likeness (QED) is 0.828. The number of nitrogens with one attached hydrogen (secondary N) is 1. The second-order valence-electron chi connectivity index (χ2n) is 5.77. The Labute approximate surface area is 153 Å². The molecule has 1 amide bonds. The number of amides is 1. The summed E-state index contributed by atoms with van der Waals surface area (Å²) in [5.41, 5.74) is 1.88. The fourth-order valence-electron chi connectivity index (χ4n) is 2.53. The Balaban J connectivity index is 2.34. The number of hydrogen-bond donors (Lipinski definition) is 1. The molecule has 134 valence electrons. The Bertz CT molecular complexity index is 854. The first kappa shape index (κ1) is 19.3. The van der Waals surface area contributed by atoms with Gasteiger partial charge in [-0.05, 0) is 43.2 Å².